The maximum Gasteiger partial charge on any atom is 0.274 e. The zero-order chi connectivity index (χ0) is 8.48. The first-order valence-corrected chi connectivity index (χ1v) is 3.48. The molecule has 0 aromatic carbocycles. The number of carbonyl (C=O) groups excluding carboxylic acids is 1. The number of halogens is 2. The summed E-state index contributed by atoms with van der Waals surface area (Å²) in [4.78, 5) is 10.7. The largest absolute Gasteiger partial charge is 0.375 e. The molecule has 1 atom stereocenters. The molecule has 1 aliphatic carbocycles. The lowest BCUT2D eigenvalue weighted by Gasteiger charge is -2.28. The average molecular weight is 164 g/mol. The van der Waals surface area contributed by atoms with Gasteiger partial charge in [-0.25, -0.2) is 8.78 Å². The molecule has 0 heterocycles. The van der Waals surface area contributed by atoms with Gasteiger partial charge in [-0.05, 0) is 0 Å². The normalized spacial score (nSPS) is 30.5. The Balaban J connectivity index is 2.63. The van der Waals surface area contributed by atoms with Crippen LogP contribution in [0.5, 0.6) is 0 Å². The van der Waals surface area contributed by atoms with Gasteiger partial charge in [-0.2, -0.15) is 0 Å². The van der Waals surface area contributed by atoms with E-state index in [4.69, 9.17) is 0 Å². The quantitative estimate of drug-likeness (QED) is 0.585. The predicted molar refractivity (Wildman–Crippen MR) is 34.6 cm³/mol. The summed E-state index contributed by atoms with van der Waals surface area (Å²) in [6, 6.07) is 0. The zero-order valence-corrected chi connectivity index (χ0v) is 6.27. The molecule has 1 unspecified atom stereocenters. The average Bonchev–Trinajstić information content (AvgIpc) is 1.94. The second-order valence-electron chi connectivity index (χ2n) is 2.73. The first-order valence-electron chi connectivity index (χ1n) is 3.48. The van der Waals surface area contributed by atoms with E-state index in [1.54, 1.807) is 0 Å². The predicted octanol–water partition coefficient (Wildman–Crippen LogP) is 1.39. The Bertz CT molecular complexity index is 168. The third-order valence-electron chi connectivity index (χ3n) is 1.91. The van der Waals surface area contributed by atoms with Crippen LogP contribution < -0.4 is 0 Å². The molecule has 0 aliphatic heterocycles. The van der Waals surface area contributed by atoms with E-state index in [0.717, 1.165) is 0 Å². The Morgan fingerprint density at radius 2 is 2.27 bits per heavy atom. The van der Waals surface area contributed by atoms with Crippen LogP contribution in [0.4, 0.5) is 8.78 Å². The van der Waals surface area contributed by atoms with Gasteiger partial charge in [0.05, 0.1) is 0 Å². The summed E-state index contributed by atoms with van der Waals surface area (Å²) in [5.74, 6) is -2.95. The molecule has 1 aliphatic rings. The van der Waals surface area contributed by atoms with Gasteiger partial charge in [-0.15, -0.1) is 0 Å². The molecule has 4 heteroatoms. The lowest BCUT2D eigenvalue weighted by molar-refractivity contribution is -0.159. The highest BCUT2D eigenvalue weighted by Gasteiger charge is 2.44. The van der Waals surface area contributed by atoms with Gasteiger partial charge in [0.15, 0.2) is 0 Å². The smallest absolute Gasteiger partial charge is 0.274 e. The topological polar surface area (TPSA) is 26.3 Å². The summed E-state index contributed by atoms with van der Waals surface area (Å²) >= 11 is 0. The Morgan fingerprint density at radius 1 is 1.64 bits per heavy atom. The van der Waals surface area contributed by atoms with Crippen LogP contribution in [0.3, 0.4) is 0 Å². The number of Topliss-reactive ketones (excluding diaryl/α,β-unsaturated/α-hetero) is 1. The van der Waals surface area contributed by atoms with Gasteiger partial charge in [0.1, 0.15) is 11.9 Å². The Hall–Kier alpha value is -0.510. The van der Waals surface area contributed by atoms with Crippen LogP contribution in [0.25, 0.3) is 0 Å². The van der Waals surface area contributed by atoms with E-state index in [1.807, 2.05) is 0 Å². The van der Waals surface area contributed by atoms with Gasteiger partial charge < -0.3 is 4.74 Å². The fraction of sp³-hybridized carbons (Fsp3) is 0.857. The second kappa shape index (κ2) is 2.85. The van der Waals surface area contributed by atoms with Gasteiger partial charge >= 0.3 is 0 Å². The van der Waals surface area contributed by atoms with Crippen LogP contribution in [0.15, 0.2) is 0 Å². The van der Waals surface area contributed by atoms with Crippen molar-refractivity contribution in [1.82, 2.24) is 0 Å². The molecular formula is C7H10F2O2. The third kappa shape index (κ3) is 1.74. The summed E-state index contributed by atoms with van der Waals surface area (Å²) in [5.41, 5.74) is 0. The van der Waals surface area contributed by atoms with E-state index >= 15 is 0 Å². The number of hydrogen-bond acceptors (Lipinski definition) is 2. The Morgan fingerprint density at radius 3 is 2.73 bits per heavy atom. The van der Waals surface area contributed by atoms with Crippen molar-refractivity contribution in [2.75, 3.05) is 7.11 Å². The van der Waals surface area contributed by atoms with Crippen molar-refractivity contribution >= 4 is 5.78 Å². The molecule has 64 valence electrons. The fourth-order valence-electron chi connectivity index (χ4n) is 1.18. The van der Waals surface area contributed by atoms with Crippen LogP contribution in [0, 0.1) is 0 Å². The lowest BCUT2D eigenvalue weighted by Crippen LogP contribution is -2.41. The van der Waals surface area contributed by atoms with Gasteiger partial charge in [0, 0.05) is 26.4 Å². The first-order chi connectivity index (χ1) is 5.06. The number of ether oxygens (including phenoxy) is 1. The van der Waals surface area contributed by atoms with Crippen LogP contribution in [0.2, 0.25) is 0 Å². The van der Waals surface area contributed by atoms with Crippen molar-refractivity contribution in [3.8, 4) is 0 Å². The molecule has 11 heavy (non-hydrogen) atoms. The van der Waals surface area contributed by atoms with E-state index in [9.17, 15) is 13.6 Å². The summed E-state index contributed by atoms with van der Waals surface area (Å²) in [5, 5.41) is 0. The van der Waals surface area contributed by atoms with Crippen LogP contribution >= 0.6 is 0 Å². The summed E-state index contributed by atoms with van der Waals surface area (Å²) in [7, 11) is 1.21. The molecule has 1 saturated carbocycles. The minimum absolute atomic E-state index is 0.0210. The highest BCUT2D eigenvalue weighted by molar-refractivity contribution is 5.80. The maximum atomic E-state index is 12.8. The van der Waals surface area contributed by atoms with Crippen molar-refractivity contribution in [1.29, 1.82) is 0 Å². The van der Waals surface area contributed by atoms with Crippen LogP contribution in [-0.2, 0) is 9.53 Å². The zero-order valence-electron chi connectivity index (χ0n) is 6.27. The highest BCUT2D eigenvalue weighted by Crippen LogP contribution is 2.33. The Labute approximate surface area is 63.5 Å². The molecule has 0 saturated heterocycles. The highest BCUT2D eigenvalue weighted by atomic mass is 19.3. The fourth-order valence-corrected chi connectivity index (χ4v) is 1.18. The Kier molecular flexibility index (Phi) is 2.23. The van der Waals surface area contributed by atoms with Gasteiger partial charge in [0.2, 0.25) is 0 Å². The molecule has 0 N–H and O–H groups in total. The number of carbonyl (C=O) groups is 1. The standard InChI is InChI=1S/C7H10F2O2/c1-11-6-4-5(10)2-3-7(6,8)9/h6H,2-4H2,1H3. The lowest BCUT2D eigenvalue weighted by atomic mass is 9.93. The molecule has 1 rings (SSSR count). The van der Waals surface area contributed by atoms with Crippen LogP contribution in [-0.4, -0.2) is 24.9 Å². The molecule has 0 spiro atoms. The van der Waals surface area contributed by atoms with Gasteiger partial charge in [-0.1, -0.05) is 0 Å². The van der Waals surface area contributed by atoms with Crippen molar-refractivity contribution < 1.29 is 18.3 Å². The molecule has 1 fully saturated rings. The molecule has 2 nitrogen and oxygen atoms in total. The molecule has 0 aromatic heterocycles. The minimum atomic E-state index is -2.82. The summed E-state index contributed by atoms with van der Waals surface area (Å²) in [6.45, 7) is 0. The van der Waals surface area contributed by atoms with E-state index in [-0.39, 0.29) is 25.0 Å². The molecule has 0 bridgehead atoms. The number of alkyl halides is 2. The van der Waals surface area contributed by atoms with E-state index < -0.39 is 12.0 Å². The molecular weight excluding hydrogens is 154 g/mol. The number of hydrogen-bond donors (Lipinski definition) is 0. The van der Waals surface area contributed by atoms with Crippen molar-refractivity contribution in [3.05, 3.63) is 0 Å². The van der Waals surface area contributed by atoms with Crippen molar-refractivity contribution in [3.63, 3.8) is 0 Å². The number of rotatable bonds is 1. The summed E-state index contributed by atoms with van der Waals surface area (Å²) in [6.07, 6.45) is -1.75. The minimum Gasteiger partial charge on any atom is -0.375 e. The van der Waals surface area contributed by atoms with E-state index in [0.29, 0.717) is 0 Å². The van der Waals surface area contributed by atoms with Crippen LogP contribution in [0.1, 0.15) is 19.3 Å². The summed E-state index contributed by atoms with van der Waals surface area (Å²) < 4.78 is 30.0. The monoisotopic (exact) mass is 164 g/mol. The van der Waals surface area contributed by atoms with E-state index in [1.165, 1.54) is 7.11 Å². The van der Waals surface area contributed by atoms with Crippen molar-refractivity contribution in [2.45, 2.75) is 31.3 Å². The van der Waals surface area contributed by atoms with Crippen molar-refractivity contribution in [2.24, 2.45) is 0 Å². The third-order valence-corrected chi connectivity index (χ3v) is 1.91. The molecule has 0 amide bonds. The van der Waals surface area contributed by atoms with Gasteiger partial charge in [0.25, 0.3) is 5.92 Å². The SMILES string of the molecule is COC1CC(=O)CCC1(F)F. The number of methoxy groups -OCH3 is 1. The molecule has 0 radical (unpaired) electrons. The number of ketones is 1. The first kappa shape index (κ1) is 8.59. The second-order valence-corrected chi connectivity index (χ2v) is 2.73. The van der Waals surface area contributed by atoms with E-state index in [2.05, 4.69) is 4.74 Å². The maximum absolute atomic E-state index is 12.8. The molecule has 0 aromatic rings. The van der Waals surface area contributed by atoms with Gasteiger partial charge in [-0.3, -0.25) is 4.79 Å².